The van der Waals surface area contributed by atoms with Gasteiger partial charge in [0.1, 0.15) is 5.69 Å². The summed E-state index contributed by atoms with van der Waals surface area (Å²) in [5, 5.41) is 2.86. The van der Waals surface area contributed by atoms with Crippen LogP contribution in [0.1, 0.15) is 29.3 Å². The lowest BCUT2D eigenvalue weighted by Crippen LogP contribution is -2.09. The quantitative estimate of drug-likeness (QED) is 0.319. The topological polar surface area (TPSA) is 64.7 Å². The fourth-order valence-corrected chi connectivity index (χ4v) is 2.90. The highest BCUT2D eigenvalue weighted by atomic mass is 32.2. The van der Waals surface area contributed by atoms with E-state index in [1.165, 1.54) is 12.1 Å². The highest BCUT2D eigenvalue weighted by Gasteiger charge is 2.33. The van der Waals surface area contributed by atoms with Crippen molar-refractivity contribution < 1.29 is 30.9 Å². The van der Waals surface area contributed by atoms with E-state index < -0.39 is 28.9 Å². The van der Waals surface area contributed by atoms with Gasteiger partial charge in [0.05, 0.1) is 10.8 Å². The lowest BCUT2D eigenvalue weighted by atomic mass is 10.1. The summed E-state index contributed by atoms with van der Waals surface area (Å²) >= 11 is 0.844. The highest BCUT2D eigenvalue weighted by Crippen LogP contribution is 2.35. The van der Waals surface area contributed by atoms with Gasteiger partial charge in [-0.25, -0.2) is 9.97 Å². The average Bonchev–Trinajstić information content (AvgIpc) is 3.11. The molecule has 28 heavy (non-hydrogen) atoms. The number of halogens is 6. The number of nitrogens with zero attached hydrogens (tertiary/aromatic N) is 4. The predicted octanol–water partition coefficient (Wildman–Crippen LogP) is 5.42. The Morgan fingerprint density at radius 3 is 2.43 bits per heavy atom. The first-order valence-corrected chi connectivity index (χ1v) is 8.50. The lowest BCUT2D eigenvalue weighted by Gasteiger charge is -2.08. The van der Waals surface area contributed by atoms with Crippen LogP contribution in [0.2, 0.25) is 0 Å². The minimum absolute atomic E-state index is 0.0124. The van der Waals surface area contributed by atoms with E-state index in [0.717, 1.165) is 36.2 Å². The summed E-state index contributed by atoms with van der Waals surface area (Å²) in [7, 11) is 0. The van der Waals surface area contributed by atoms with E-state index >= 15 is 0 Å². The highest BCUT2D eigenvalue weighted by molar-refractivity contribution is 7.99. The van der Waals surface area contributed by atoms with E-state index in [1.54, 1.807) is 6.92 Å². The molecule has 2 heterocycles. The van der Waals surface area contributed by atoms with Gasteiger partial charge in [-0.05, 0) is 25.1 Å². The summed E-state index contributed by atoms with van der Waals surface area (Å²) in [6.07, 6.45) is -8.15. The summed E-state index contributed by atoms with van der Waals surface area (Å²) in [6, 6.07) is 5.13. The van der Waals surface area contributed by atoms with Crippen LogP contribution in [0.15, 0.2) is 46.2 Å². The van der Waals surface area contributed by atoms with Gasteiger partial charge in [0, 0.05) is 11.8 Å². The standard InChI is InChI=1S/C16H10F6N4OS/c1-8(28-14-23-6-5-11(24-14)16(20,21)22)13-25-12(26-27-13)9-3-2-4-10(7-9)15(17,18)19/h2-8H,1H3. The Labute approximate surface area is 158 Å². The maximum Gasteiger partial charge on any atom is 0.433 e. The SMILES string of the molecule is CC(Sc1nccc(C(F)(F)F)n1)c1nc(-c2cccc(C(F)(F)F)c2)no1. The minimum Gasteiger partial charge on any atom is -0.338 e. The van der Waals surface area contributed by atoms with Crippen molar-refractivity contribution in [1.82, 2.24) is 20.1 Å². The van der Waals surface area contributed by atoms with E-state index in [2.05, 4.69) is 20.1 Å². The number of thioether (sulfide) groups is 1. The Kier molecular flexibility index (Phi) is 5.33. The summed E-state index contributed by atoms with van der Waals surface area (Å²) in [4.78, 5) is 11.2. The van der Waals surface area contributed by atoms with Crippen molar-refractivity contribution in [3.8, 4) is 11.4 Å². The third-order valence-electron chi connectivity index (χ3n) is 3.44. The maximum absolute atomic E-state index is 12.8. The number of benzene rings is 1. The number of hydrogen-bond acceptors (Lipinski definition) is 6. The van der Waals surface area contributed by atoms with Gasteiger partial charge >= 0.3 is 12.4 Å². The van der Waals surface area contributed by atoms with Crippen molar-refractivity contribution in [2.45, 2.75) is 29.7 Å². The average molecular weight is 420 g/mol. The van der Waals surface area contributed by atoms with Crippen LogP contribution in [0, 0.1) is 0 Å². The van der Waals surface area contributed by atoms with E-state index in [-0.39, 0.29) is 22.4 Å². The minimum atomic E-state index is -4.61. The van der Waals surface area contributed by atoms with E-state index in [4.69, 9.17) is 4.52 Å². The fourth-order valence-electron chi connectivity index (χ4n) is 2.12. The van der Waals surface area contributed by atoms with Gasteiger partial charge < -0.3 is 4.52 Å². The summed E-state index contributed by atoms with van der Waals surface area (Å²) in [5.41, 5.74) is -1.86. The number of hydrogen-bond donors (Lipinski definition) is 0. The Hall–Kier alpha value is -2.63. The molecule has 0 amide bonds. The normalized spacial score (nSPS) is 13.5. The molecule has 148 valence electrons. The molecule has 3 rings (SSSR count). The molecule has 0 aliphatic heterocycles. The first-order valence-electron chi connectivity index (χ1n) is 7.62. The third kappa shape index (κ3) is 4.61. The molecular formula is C16H10F6N4OS. The van der Waals surface area contributed by atoms with Gasteiger partial charge in [0.15, 0.2) is 5.16 Å². The molecule has 0 aliphatic carbocycles. The van der Waals surface area contributed by atoms with Crippen molar-refractivity contribution >= 4 is 11.8 Å². The zero-order valence-corrected chi connectivity index (χ0v) is 14.7. The van der Waals surface area contributed by atoms with Crippen molar-refractivity contribution in [2.75, 3.05) is 0 Å². The molecule has 0 saturated heterocycles. The first-order chi connectivity index (χ1) is 13.0. The third-order valence-corrected chi connectivity index (χ3v) is 4.41. The zero-order valence-electron chi connectivity index (χ0n) is 13.9. The van der Waals surface area contributed by atoms with Crippen LogP contribution in [0.25, 0.3) is 11.4 Å². The Bertz CT molecular complexity index is 972. The second kappa shape index (κ2) is 7.41. The molecule has 3 aromatic rings. The van der Waals surface area contributed by atoms with Crippen LogP contribution in [0.4, 0.5) is 26.3 Å². The lowest BCUT2D eigenvalue weighted by molar-refractivity contribution is -0.141. The van der Waals surface area contributed by atoms with E-state index in [9.17, 15) is 26.3 Å². The molecule has 1 unspecified atom stereocenters. The van der Waals surface area contributed by atoms with Crippen LogP contribution in [-0.2, 0) is 12.4 Å². The van der Waals surface area contributed by atoms with Gasteiger partial charge in [0.25, 0.3) is 0 Å². The number of aromatic nitrogens is 4. The second-order valence-corrected chi connectivity index (χ2v) is 6.83. The summed E-state index contributed by atoms with van der Waals surface area (Å²) < 4.78 is 81.6. The first kappa shape index (κ1) is 20.1. The molecule has 5 nitrogen and oxygen atoms in total. The van der Waals surface area contributed by atoms with Crippen molar-refractivity contribution in [1.29, 1.82) is 0 Å². The molecule has 0 spiro atoms. The van der Waals surface area contributed by atoms with Gasteiger partial charge in [0.2, 0.25) is 11.7 Å². The van der Waals surface area contributed by atoms with Gasteiger partial charge in [-0.1, -0.05) is 29.1 Å². The van der Waals surface area contributed by atoms with Crippen LogP contribution >= 0.6 is 11.8 Å². The summed E-state index contributed by atoms with van der Waals surface area (Å²) in [5.74, 6) is -0.0584. The number of rotatable bonds is 4. The monoisotopic (exact) mass is 420 g/mol. The van der Waals surface area contributed by atoms with Crippen molar-refractivity contribution in [3.63, 3.8) is 0 Å². The molecule has 0 radical (unpaired) electrons. The molecule has 2 aromatic heterocycles. The van der Waals surface area contributed by atoms with Crippen LogP contribution < -0.4 is 0 Å². The molecule has 0 bridgehead atoms. The van der Waals surface area contributed by atoms with E-state index in [1.807, 2.05) is 0 Å². The van der Waals surface area contributed by atoms with Crippen molar-refractivity contribution in [3.05, 3.63) is 53.7 Å². The summed E-state index contributed by atoms with van der Waals surface area (Å²) in [6.45, 7) is 1.57. The van der Waals surface area contributed by atoms with Gasteiger partial charge in [-0.2, -0.15) is 31.3 Å². The Morgan fingerprint density at radius 2 is 1.75 bits per heavy atom. The second-order valence-electron chi connectivity index (χ2n) is 5.52. The molecular weight excluding hydrogens is 410 g/mol. The largest absolute Gasteiger partial charge is 0.433 e. The fraction of sp³-hybridized carbons (Fsp3) is 0.250. The molecule has 12 heteroatoms. The molecule has 0 N–H and O–H groups in total. The smallest absolute Gasteiger partial charge is 0.338 e. The van der Waals surface area contributed by atoms with Crippen LogP contribution in [0.5, 0.6) is 0 Å². The van der Waals surface area contributed by atoms with Gasteiger partial charge in [-0.3, -0.25) is 0 Å². The molecule has 0 fully saturated rings. The number of alkyl halides is 6. The Balaban J connectivity index is 1.79. The van der Waals surface area contributed by atoms with E-state index in [0.29, 0.717) is 0 Å². The molecule has 0 saturated carbocycles. The van der Waals surface area contributed by atoms with Crippen LogP contribution in [-0.4, -0.2) is 20.1 Å². The molecule has 1 atom stereocenters. The van der Waals surface area contributed by atoms with Crippen LogP contribution in [0.3, 0.4) is 0 Å². The van der Waals surface area contributed by atoms with Crippen molar-refractivity contribution in [2.24, 2.45) is 0 Å². The molecule has 0 aliphatic rings. The predicted molar refractivity (Wildman–Crippen MR) is 86.0 cm³/mol. The zero-order chi connectivity index (χ0) is 20.5. The molecule has 1 aromatic carbocycles. The van der Waals surface area contributed by atoms with Gasteiger partial charge in [-0.15, -0.1) is 0 Å². The maximum atomic E-state index is 12.8. The Morgan fingerprint density at radius 1 is 1.00 bits per heavy atom.